The normalized spacial score (nSPS) is 11.4. The summed E-state index contributed by atoms with van der Waals surface area (Å²) in [7, 11) is -4.28. The van der Waals surface area contributed by atoms with Gasteiger partial charge in [0.05, 0.1) is 17.2 Å². The van der Waals surface area contributed by atoms with Crippen LogP contribution in [0.15, 0.2) is 17.0 Å². The average molecular weight is 324 g/mol. The first-order chi connectivity index (χ1) is 9.27. The molecule has 0 bridgehead atoms. The molecule has 0 saturated heterocycles. The van der Waals surface area contributed by atoms with Gasteiger partial charge in [-0.3, -0.25) is 0 Å². The summed E-state index contributed by atoms with van der Waals surface area (Å²) in [5, 5.41) is 4.63. The summed E-state index contributed by atoms with van der Waals surface area (Å²) in [5.74, 6) is -1.92. The topological polar surface area (TPSA) is 86.5 Å². The minimum Gasteiger partial charge on any atom is -0.462 e. The van der Waals surface area contributed by atoms with Gasteiger partial charge in [0.2, 0.25) is 10.0 Å². The number of primary sulfonamides is 1. The number of carbonyl (C=O) groups excluding carboxylic acids is 1. The van der Waals surface area contributed by atoms with E-state index in [-0.39, 0.29) is 17.2 Å². The summed E-state index contributed by atoms with van der Waals surface area (Å²) in [6, 6.07) is 1.51. The quantitative estimate of drug-likeness (QED) is 0.643. The summed E-state index contributed by atoms with van der Waals surface area (Å²) in [6.45, 7) is 2.18. The number of sulfonamides is 1. The first-order valence-electron chi connectivity index (χ1n) is 5.96. The average Bonchev–Trinajstić information content (AvgIpc) is 2.32. The van der Waals surface area contributed by atoms with Gasteiger partial charge in [0.1, 0.15) is 10.7 Å². The third-order valence-electron chi connectivity index (χ3n) is 2.53. The number of nitrogens with two attached hydrogens (primary N) is 1. The van der Waals surface area contributed by atoms with Crippen molar-refractivity contribution in [3.8, 4) is 0 Å². The number of hydrogen-bond donors (Lipinski definition) is 1. The van der Waals surface area contributed by atoms with Crippen LogP contribution in [0.25, 0.3) is 0 Å². The van der Waals surface area contributed by atoms with Gasteiger partial charge in [-0.25, -0.2) is 22.7 Å². The van der Waals surface area contributed by atoms with Crippen LogP contribution in [-0.4, -0.2) is 21.0 Å². The first kappa shape index (κ1) is 16.9. The third kappa shape index (κ3) is 4.43. The van der Waals surface area contributed by atoms with Crippen LogP contribution in [0.4, 0.5) is 4.39 Å². The zero-order chi connectivity index (χ0) is 15.3. The molecular weight excluding hydrogens is 309 g/mol. The number of carbonyl (C=O) groups is 1. The van der Waals surface area contributed by atoms with E-state index in [0.29, 0.717) is 6.42 Å². The lowest BCUT2D eigenvalue weighted by Gasteiger charge is -2.08. The van der Waals surface area contributed by atoms with Crippen molar-refractivity contribution in [3.05, 3.63) is 28.5 Å². The maximum absolute atomic E-state index is 13.4. The zero-order valence-corrected chi connectivity index (χ0v) is 12.4. The Hall–Kier alpha value is -1.18. The number of ether oxygens (including phenoxy) is 1. The molecule has 5 nitrogen and oxygen atoms in total. The number of esters is 1. The van der Waals surface area contributed by atoms with Crippen LogP contribution in [0.5, 0.6) is 0 Å². The van der Waals surface area contributed by atoms with Crippen molar-refractivity contribution >= 4 is 27.6 Å². The van der Waals surface area contributed by atoms with Gasteiger partial charge < -0.3 is 4.74 Å². The molecule has 2 N–H and O–H groups in total. The molecule has 0 aromatic heterocycles. The lowest BCUT2D eigenvalue weighted by molar-refractivity contribution is 0.0498. The molecule has 0 aliphatic heterocycles. The summed E-state index contributed by atoms with van der Waals surface area (Å²) in [6.07, 6.45) is 2.54. The third-order valence-corrected chi connectivity index (χ3v) is 3.77. The lowest BCUT2D eigenvalue weighted by atomic mass is 10.2. The SMILES string of the molecule is CCCCCOC(=O)c1cc(S(N)(=O)=O)c(F)cc1Cl. The Morgan fingerprint density at radius 3 is 2.60 bits per heavy atom. The molecule has 0 radical (unpaired) electrons. The van der Waals surface area contributed by atoms with Crippen molar-refractivity contribution in [3.63, 3.8) is 0 Å². The van der Waals surface area contributed by atoms with Crippen molar-refractivity contribution in [2.45, 2.75) is 31.1 Å². The van der Waals surface area contributed by atoms with Gasteiger partial charge in [-0.2, -0.15) is 0 Å². The highest BCUT2D eigenvalue weighted by Gasteiger charge is 2.21. The highest BCUT2D eigenvalue weighted by molar-refractivity contribution is 7.89. The minimum absolute atomic E-state index is 0.186. The second-order valence-electron chi connectivity index (χ2n) is 4.15. The number of unbranched alkanes of at least 4 members (excludes halogenated alkanes) is 2. The van der Waals surface area contributed by atoms with Gasteiger partial charge in [-0.15, -0.1) is 0 Å². The molecule has 20 heavy (non-hydrogen) atoms. The molecule has 0 saturated carbocycles. The standard InChI is InChI=1S/C12H15ClFNO4S/c1-2-3-4-5-19-12(16)8-6-11(20(15,17)18)10(14)7-9(8)13/h6-7H,2-5H2,1H3,(H2,15,17,18). The van der Waals surface area contributed by atoms with Crippen LogP contribution >= 0.6 is 11.6 Å². The fourth-order valence-electron chi connectivity index (χ4n) is 1.50. The van der Waals surface area contributed by atoms with E-state index in [0.717, 1.165) is 25.0 Å². The fraction of sp³-hybridized carbons (Fsp3) is 0.417. The van der Waals surface area contributed by atoms with Crippen LogP contribution in [0, 0.1) is 5.82 Å². The van der Waals surface area contributed by atoms with Crippen molar-refractivity contribution in [1.82, 2.24) is 0 Å². The number of benzene rings is 1. The first-order valence-corrected chi connectivity index (χ1v) is 7.88. The Bertz CT molecular complexity index is 604. The number of hydrogen-bond acceptors (Lipinski definition) is 4. The van der Waals surface area contributed by atoms with Gasteiger partial charge in [-0.1, -0.05) is 31.4 Å². The van der Waals surface area contributed by atoms with E-state index in [4.69, 9.17) is 21.5 Å². The Morgan fingerprint density at radius 2 is 2.05 bits per heavy atom. The number of halogens is 2. The van der Waals surface area contributed by atoms with Gasteiger partial charge in [0.15, 0.2) is 0 Å². The van der Waals surface area contributed by atoms with E-state index in [1.54, 1.807) is 0 Å². The molecule has 0 spiro atoms. The molecule has 0 heterocycles. The van der Waals surface area contributed by atoms with Crippen molar-refractivity contribution in [2.75, 3.05) is 6.61 Å². The van der Waals surface area contributed by atoms with E-state index < -0.39 is 26.7 Å². The second kappa shape index (κ2) is 7.01. The molecule has 8 heteroatoms. The smallest absolute Gasteiger partial charge is 0.339 e. The molecular formula is C12H15ClFNO4S. The van der Waals surface area contributed by atoms with Crippen LogP contribution < -0.4 is 5.14 Å². The highest BCUT2D eigenvalue weighted by atomic mass is 35.5. The highest BCUT2D eigenvalue weighted by Crippen LogP contribution is 2.24. The monoisotopic (exact) mass is 323 g/mol. The van der Waals surface area contributed by atoms with Gasteiger partial charge in [-0.05, 0) is 18.6 Å². The summed E-state index contributed by atoms with van der Waals surface area (Å²) in [4.78, 5) is 11.0. The largest absolute Gasteiger partial charge is 0.462 e. The Labute approximate surface area is 121 Å². The van der Waals surface area contributed by atoms with Gasteiger partial charge in [0, 0.05) is 0 Å². The molecule has 1 aromatic carbocycles. The van der Waals surface area contributed by atoms with E-state index >= 15 is 0 Å². The van der Waals surface area contributed by atoms with Crippen LogP contribution in [-0.2, 0) is 14.8 Å². The van der Waals surface area contributed by atoms with Crippen molar-refractivity contribution in [1.29, 1.82) is 0 Å². The maximum atomic E-state index is 13.4. The van der Waals surface area contributed by atoms with Crippen LogP contribution in [0.2, 0.25) is 5.02 Å². The Balaban J connectivity index is 2.98. The van der Waals surface area contributed by atoms with E-state index in [1.807, 2.05) is 6.92 Å². The summed E-state index contributed by atoms with van der Waals surface area (Å²) >= 11 is 5.71. The molecule has 1 aromatic rings. The van der Waals surface area contributed by atoms with Crippen LogP contribution in [0.1, 0.15) is 36.5 Å². The molecule has 0 unspecified atom stereocenters. The molecule has 0 aliphatic rings. The molecule has 0 fully saturated rings. The Kier molecular flexibility index (Phi) is 5.91. The van der Waals surface area contributed by atoms with E-state index in [1.165, 1.54) is 0 Å². The zero-order valence-electron chi connectivity index (χ0n) is 10.9. The number of rotatable bonds is 6. The molecule has 1 rings (SSSR count). The van der Waals surface area contributed by atoms with Crippen molar-refractivity contribution < 1.29 is 22.3 Å². The summed E-state index contributed by atoms with van der Waals surface area (Å²) < 4.78 is 40.7. The molecule has 112 valence electrons. The van der Waals surface area contributed by atoms with Crippen molar-refractivity contribution in [2.24, 2.45) is 5.14 Å². The molecule has 0 aliphatic carbocycles. The van der Waals surface area contributed by atoms with Gasteiger partial charge >= 0.3 is 5.97 Å². The second-order valence-corrected chi connectivity index (χ2v) is 6.09. The maximum Gasteiger partial charge on any atom is 0.339 e. The molecule has 0 atom stereocenters. The summed E-state index contributed by atoms with van der Waals surface area (Å²) in [5.41, 5.74) is -0.228. The van der Waals surface area contributed by atoms with Crippen LogP contribution in [0.3, 0.4) is 0 Å². The fourth-order valence-corrected chi connectivity index (χ4v) is 2.34. The minimum atomic E-state index is -4.28. The van der Waals surface area contributed by atoms with Gasteiger partial charge in [0.25, 0.3) is 0 Å². The predicted octanol–water partition coefficient (Wildman–Crippen LogP) is 2.47. The lowest BCUT2D eigenvalue weighted by Crippen LogP contribution is -2.16. The van der Waals surface area contributed by atoms with E-state index in [2.05, 4.69) is 0 Å². The Morgan fingerprint density at radius 1 is 1.40 bits per heavy atom. The molecule has 0 amide bonds. The predicted molar refractivity (Wildman–Crippen MR) is 72.6 cm³/mol. The van der Waals surface area contributed by atoms with E-state index in [9.17, 15) is 17.6 Å².